The molecule has 0 aromatic heterocycles. The third-order valence-electron chi connectivity index (χ3n) is 5.35. The van der Waals surface area contributed by atoms with Crippen LogP contribution in [-0.2, 0) is 10.4 Å². The summed E-state index contributed by atoms with van der Waals surface area (Å²) >= 11 is 3.54. The van der Waals surface area contributed by atoms with Crippen molar-refractivity contribution in [1.82, 2.24) is 5.43 Å². The Kier molecular flexibility index (Phi) is 8.85. The van der Waals surface area contributed by atoms with E-state index in [0.717, 1.165) is 10.9 Å². The molecular formula is C27H29BrN2O4. The normalized spacial score (nSPS) is 12.4. The van der Waals surface area contributed by atoms with Gasteiger partial charge in [-0.3, -0.25) is 4.79 Å². The van der Waals surface area contributed by atoms with Crippen LogP contribution in [0.25, 0.3) is 0 Å². The van der Waals surface area contributed by atoms with Gasteiger partial charge in [0.25, 0.3) is 5.91 Å². The molecule has 3 rings (SSSR count). The van der Waals surface area contributed by atoms with Crippen molar-refractivity contribution >= 4 is 28.1 Å². The van der Waals surface area contributed by atoms with Crippen molar-refractivity contribution in [2.24, 2.45) is 5.10 Å². The predicted octanol–water partition coefficient (Wildman–Crippen LogP) is 5.41. The maximum atomic E-state index is 13.2. The highest BCUT2D eigenvalue weighted by Crippen LogP contribution is 2.34. The molecular weight excluding hydrogens is 496 g/mol. The molecule has 0 unspecified atom stereocenters. The molecule has 0 saturated heterocycles. The number of nitrogens with zero attached hydrogens (tertiary/aromatic N) is 1. The predicted molar refractivity (Wildman–Crippen MR) is 137 cm³/mol. The number of amides is 1. The van der Waals surface area contributed by atoms with Gasteiger partial charge in [0.1, 0.15) is 0 Å². The van der Waals surface area contributed by atoms with Gasteiger partial charge in [-0.2, -0.15) is 5.10 Å². The van der Waals surface area contributed by atoms with Crippen molar-refractivity contribution in [1.29, 1.82) is 0 Å². The summed E-state index contributed by atoms with van der Waals surface area (Å²) < 4.78 is 12.4. The lowest BCUT2D eigenvalue weighted by Gasteiger charge is -2.27. The maximum Gasteiger partial charge on any atom is 0.281 e. The molecule has 2 N–H and O–H groups in total. The molecule has 0 aliphatic carbocycles. The zero-order valence-electron chi connectivity index (χ0n) is 19.5. The van der Waals surface area contributed by atoms with E-state index < -0.39 is 11.5 Å². The molecule has 3 aromatic rings. The summed E-state index contributed by atoms with van der Waals surface area (Å²) in [6.07, 6.45) is 2.40. The van der Waals surface area contributed by atoms with E-state index in [1.165, 1.54) is 6.21 Å². The summed E-state index contributed by atoms with van der Waals surface area (Å²) in [6, 6.07) is 21.2. The fraction of sp³-hybridized carbons (Fsp3) is 0.259. The van der Waals surface area contributed by atoms with Crippen LogP contribution in [-0.4, -0.2) is 29.9 Å². The summed E-state index contributed by atoms with van der Waals surface area (Å²) in [6.45, 7) is 6.43. The van der Waals surface area contributed by atoms with E-state index in [9.17, 15) is 9.90 Å². The number of hydrogen-bond acceptors (Lipinski definition) is 5. The van der Waals surface area contributed by atoms with E-state index in [4.69, 9.17) is 9.47 Å². The Labute approximate surface area is 208 Å². The molecule has 0 aliphatic rings. The van der Waals surface area contributed by atoms with Gasteiger partial charge in [0.05, 0.1) is 18.9 Å². The molecule has 178 valence electrons. The SMILES string of the molecule is CCOc1cc(/C=N\NC(=O)C(O)(c2ccccc2)c2ccccc2)c(Br)cc1O[C@@H](C)CC. The largest absolute Gasteiger partial charge is 0.490 e. The Morgan fingerprint density at radius 1 is 1.06 bits per heavy atom. The second-order valence-corrected chi connectivity index (χ2v) is 8.59. The molecule has 0 spiro atoms. The number of halogens is 1. The number of nitrogens with one attached hydrogen (secondary N) is 1. The summed E-state index contributed by atoms with van der Waals surface area (Å²) in [5.41, 5.74) is 2.16. The molecule has 0 bridgehead atoms. The molecule has 6 nitrogen and oxygen atoms in total. The highest BCUT2D eigenvalue weighted by Gasteiger charge is 2.39. The molecule has 7 heteroatoms. The van der Waals surface area contributed by atoms with E-state index in [2.05, 4.69) is 33.4 Å². The summed E-state index contributed by atoms with van der Waals surface area (Å²) in [4.78, 5) is 13.2. The minimum absolute atomic E-state index is 0.0403. The number of ether oxygens (including phenoxy) is 2. The van der Waals surface area contributed by atoms with Crippen LogP contribution < -0.4 is 14.9 Å². The number of benzene rings is 3. The zero-order chi connectivity index (χ0) is 24.6. The van der Waals surface area contributed by atoms with Crippen molar-refractivity contribution in [3.05, 3.63) is 94.0 Å². The van der Waals surface area contributed by atoms with Gasteiger partial charge in [-0.15, -0.1) is 0 Å². The van der Waals surface area contributed by atoms with E-state index in [1.807, 2.05) is 32.0 Å². The third kappa shape index (κ3) is 5.85. The average molecular weight is 525 g/mol. The van der Waals surface area contributed by atoms with Crippen LogP contribution in [0.15, 0.2) is 82.4 Å². The Morgan fingerprint density at radius 3 is 2.18 bits per heavy atom. The number of hydrazone groups is 1. The highest BCUT2D eigenvalue weighted by molar-refractivity contribution is 9.10. The number of carbonyl (C=O) groups is 1. The van der Waals surface area contributed by atoms with Crippen molar-refractivity contribution in [3.8, 4) is 11.5 Å². The first-order valence-corrected chi connectivity index (χ1v) is 12.0. The number of rotatable bonds is 10. The molecule has 0 fully saturated rings. The lowest BCUT2D eigenvalue weighted by atomic mass is 9.85. The Morgan fingerprint density at radius 2 is 1.65 bits per heavy atom. The average Bonchev–Trinajstić information content (AvgIpc) is 2.86. The lowest BCUT2D eigenvalue weighted by molar-refractivity contribution is -0.136. The van der Waals surface area contributed by atoms with E-state index in [0.29, 0.717) is 34.8 Å². The summed E-state index contributed by atoms with van der Waals surface area (Å²) in [5, 5.41) is 15.6. The molecule has 0 radical (unpaired) electrons. The smallest absolute Gasteiger partial charge is 0.281 e. The quantitative estimate of drug-likeness (QED) is 0.274. The molecule has 0 heterocycles. The summed E-state index contributed by atoms with van der Waals surface area (Å²) in [5.74, 6) is 0.551. The molecule has 0 saturated carbocycles. The summed E-state index contributed by atoms with van der Waals surface area (Å²) in [7, 11) is 0. The van der Waals surface area contributed by atoms with Gasteiger partial charge >= 0.3 is 0 Å². The lowest BCUT2D eigenvalue weighted by Crippen LogP contribution is -2.43. The van der Waals surface area contributed by atoms with Gasteiger partial charge in [0.15, 0.2) is 17.1 Å². The first kappa shape index (κ1) is 25.5. The fourth-order valence-corrected chi connectivity index (χ4v) is 3.76. The Hall–Kier alpha value is -3.16. The van der Waals surface area contributed by atoms with Crippen LogP contribution in [0.5, 0.6) is 11.5 Å². The standard InChI is InChI=1S/C27H29BrN2O4/c1-4-19(3)34-25-17-23(28)20(16-24(25)33-5-2)18-29-30-26(31)27(32,21-12-8-6-9-13-21)22-14-10-7-11-15-22/h6-19,32H,4-5H2,1-3H3,(H,30,31)/b29-18-/t19-/m0/s1. The Bertz CT molecular complexity index is 1080. The van der Waals surface area contributed by atoms with Crippen LogP contribution in [0.2, 0.25) is 0 Å². The van der Waals surface area contributed by atoms with Crippen molar-refractivity contribution < 1.29 is 19.4 Å². The molecule has 1 amide bonds. The minimum atomic E-state index is -1.90. The second-order valence-electron chi connectivity index (χ2n) is 7.73. The van der Waals surface area contributed by atoms with Gasteiger partial charge in [0.2, 0.25) is 0 Å². The van der Waals surface area contributed by atoms with Crippen LogP contribution >= 0.6 is 15.9 Å². The van der Waals surface area contributed by atoms with E-state index in [-0.39, 0.29) is 6.10 Å². The third-order valence-corrected chi connectivity index (χ3v) is 6.03. The van der Waals surface area contributed by atoms with Crippen molar-refractivity contribution in [2.45, 2.75) is 38.9 Å². The van der Waals surface area contributed by atoms with Gasteiger partial charge < -0.3 is 14.6 Å². The number of aliphatic hydroxyl groups is 1. The molecule has 1 atom stereocenters. The van der Waals surface area contributed by atoms with Gasteiger partial charge in [-0.25, -0.2) is 5.43 Å². The molecule has 3 aromatic carbocycles. The van der Waals surface area contributed by atoms with Gasteiger partial charge in [-0.1, -0.05) is 67.6 Å². The van der Waals surface area contributed by atoms with E-state index >= 15 is 0 Å². The fourth-order valence-electron chi connectivity index (χ4n) is 3.34. The van der Waals surface area contributed by atoms with Crippen molar-refractivity contribution in [2.75, 3.05) is 6.61 Å². The van der Waals surface area contributed by atoms with Gasteiger partial charge in [-0.05, 0) is 59.5 Å². The first-order chi connectivity index (χ1) is 16.4. The highest BCUT2D eigenvalue weighted by atomic mass is 79.9. The monoisotopic (exact) mass is 524 g/mol. The molecule has 34 heavy (non-hydrogen) atoms. The zero-order valence-corrected chi connectivity index (χ0v) is 21.1. The molecule has 0 aliphatic heterocycles. The topological polar surface area (TPSA) is 80.2 Å². The minimum Gasteiger partial charge on any atom is -0.490 e. The van der Waals surface area contributed by atoms with Crippen LogP contribution in [0, 0.1) is 0 Å². The van der Waals surface area contributed by atoms with Gasteiger partial charge in [0, 0.05) is 10.0 Å². The van der Waals surface area contributed by atoms with Crippen molar-refractivity contribution in [3.63, 3.8) is 0 Å². The van der Waals surface area contributed by atoms with Crippen LogP contribution in [0.4, 0.5) is 0 Å². The first-order valence-electron chi connectivity index (χ1n) is 11.2. The maximum absolute atomic E-state index is 13.2. The number of carbonyl (C=O) groups excluding carboxylic acids is 1. The van der Waals surface area contributed by atoms with Crippen LogP contribution in [0.3, 0.4) is 0 Å². The van der Waals surface area contributed by atoms with E-state index in [1.54, 1.807) is 54.6 Å². The Balaban J connectivity index is 1.87. The van der Waals surface area contributed by atoms with Crippen LogP contribution in [0.1, 0.15) is 43.9 Å². The second kappa shape index (κ2) is 11.8. The number of hydrogen-bond donors (Lipinski definition) is 2.